The highest BCUT2D eigenvalue weighted by atomic mass is 32.2. The molecule has 8 heteroatoms. The Hall–Kier alpha value is -2.71. The lowest BCUT2D eigenvalue weighted by Crippen LogP contribution is -2.20. The van der Waals surface area contributed by atoms with Crippen molar-refractivity contribution in [2.45, 2.75) is 11.3 Å². The van der Waals surface area contributed by atoms with Crippen LogP contribution in [0.2, 0.25) is 0 Å². The fourth-order valence-electron chi connectivity index (χ4n) is 2.52. The fraction of sp³-hybridized carbons (Fsp3) is 0.300. The molecule has 148 valence electrons. The fourth-order valence-corrected chi connectivity index (χ4v) is 3.33. The number of aliphatic hydroxyl groups excluding tert-OH is 1. The zero-order valence-electron chi connectivity index (χ0n) is 16.0. The number of thioether (sulfide) groups is 1. The molecule has 1 N–H and O–H groups in total. The molecule has 0 aliphatic heterocycles. The van der Waals surface area contributed by atoms with E-state index in [0.29, 0.717) is 11.5 Å². The van der Waals surface area contributed by atoms with Crippen molar-refractivity contribution in [3.8, 4) is 28.6 Å². The number of rotatable bonds is 9. The summed E-state index contributed by atoms with van der Waals surface area (Å²) in [4.78, 5) is 0. The molecular formula is C20H23N3O4S. The minimum atomic E-state index is -0.631. The number of benzene rings is 2. The number of aromatic nitrogens is 3. The molecule has 7 nitrogen and oxygen atoms in total. The molecule has 28 heavy (non-hydrogen) atoms. The van der Waals surface area contributed by atoms with E-state index in [9.17, 15) is 5.11 Å². The predicted octanol–water partition coefficient (Wildman–Crippen LogP) is 3.03. The van der Waals surface area contributed by atoms with Crippen LogP contribution in [-0.2, 0) is 7.05 Å². The Morgan fingerprint density at radius 2 is 1.50 bits per heavy atom. The summed E-state index contributed by atoms with van der Waals surface area (Å²) in [6.45, 7) is 0.197. The number of ether oxygens (including phenoxy) is 3. The van der Waals surface area contributed by atoms with Gasteiger partial charge in [0.05, 0.1) is 20.3 Å². The second-order valence-corrected chi connectivity index (χ2v) is 7.03. The third-order valence-corrected chi connectivity index (χ3v) is 5.25. The lowest BCUT2D eigenvalue weighted by atomic mass is 10.2. The third-order valence-electron chi connectivity index (χ3n) is 4.09. The number of nitrogens with zero attached hydrogens (tertiary/aromatic N) is 3. The van der Waals surface area contributed by atoms with E-state index >= 15 is 0 Å². The molecule has 0 radical (unpaired) electrons. The van der Waals surface area contributed by atoms with Crippen molar-refractivity contribution in [3.63, 3.8) is 0 Å². The van der Waals surface area contributed by atoms with E-state index in [1.165, 1.54) is 11.8 Å². The van der Waals surface area contributed by atoms with Gasteiger partial charge < -0.3 is 23.9 Å². The molecule has 0 fully saturated rings. The Kier molecular flexibility index (Phi) is 6.78. The molecule has 0 aliphatic carbocycles. The normalized spacial score (nSPS) is 11.9. The molecule has 0 bridgehead atoms. The van der Waals surface area contributed by atoms with Crippen LogP contribution in [0.5, 0.6) is 17.2 Å². The lowest BCUT2D eigenvalue weighted by molar-refractivity contribution is 0.126. The molecule has 0 amide bonds. The highest BCUT2D eigenvalue weighted by molar-refractivity contribution is 7.99. The zero-order chi connectivity index (χ0) is 19.9. The van der Waals surface area contributed by atoms with Gasteiger partial charge in [-0.2, -0.15) is 0 Å². The number of hydrogen-bond acceptors (Lipinski definition) is 7. The molecule has 0 spiro atoms. The van der Waals surface area contributed by atoms with Gasteiger partial charge in [-0.05, 0) is 48.5 Å². The van der Waals surface area contributed by atoms with Gasteiger partial charge in [0.25, 0.3) is 0 Å². The molecule has 1 atom stereocenters. The van der Waals surface area contributed by atoms with Gasteiger partial charge in [-0.3, -0.25) is 0 Å². The van der Waals surface area contributed by atoms with Gasteiger partial charge in [0.15, 0.2) is 11.0 Å². The van der Waals surface area contributed by atoms with Crippen LogP contribution in [0.4, 0.5) is 0 Å². The van der Waals surface area contributed by atoms with Crippen LogP contribution in [0, 0.1) is 0 Å². The maximum atomic E-state index is 10.2. The van der Waals surface area contributed by atoms with Gasteiger partial charge in [-0.1, -0.05) is 11.8 Å². The number of methoxy groups -OCH3 is 2. The Morgan fingerprint density at radius 1 is 0.929 bits per heavy atom. The van der Waals surface area contributed by atoms with E-state index in [4.69, 9.17) is 14.2 Å². The summed E-state index contributed by atoms with van der Waals surface area (Å²) < 4.78 is 17.8. The summed E-state index contributed by atoms with van der Waals surface area (Å²) in [7, 11) is 5.15. The number of hydrogen-bond donors (Lipinski definition) is 1. The van der Waals surface area contributed by atoms with E-state index in [0.717, 1.165) is 28.0 Å². The van der Waals surface area contributed by atoms with Crippen LogP contribution in [0.25, 0.3) is 11.4 Å². The monoisotopic (exact) mass is 401 g/mol. The largest absolute Gasteiger partial charge is 0.497 e. The standard InChI is InChI=1S/C20H23N3O4S/c1-23-19(14-4-6-16(25-2)7-5-14)21-22-20(23)28-13-15(24)12-27-18-10-8-17(26-3)9-11-18/h4-11,15,24H,12-13H2,1-3H3. The van der Waals surface area contributed by atoms with Gasteiger partial charge in [-0.15, -0.1) is 10.2 Å². The average molecular weight is 401 g/mol. The van der Waals surface area contributed by atoms with Crippen molar-refractivity contribution in [3.05, 3.63) is 48.5 Å². The average Bonchev–Trinajstić information content (AvgIpc) is 3.11. The zero-order valence-corrected chi connectivity index (χ0v) is 16.8. The van der Waals surface area contributed by atoms with Crippen molar-refractivity contribution in [1.82, 2.24) is 14.8 Å². The Labute approximate surface area is 168 Å². The Balaban J connectivity index is 1.53. The van der Waals surface area contributed by atoms with Gasteiger partial charge in [0.2, 0.25) is 0 Å². The molecule has 1 aromatic heterocycles. The molecular weight excluding hydrogens is 378 g/mol. The maximum absolute atomic E-state index is 10.2. The molecule has 0 saturated heterocycles. The quantitative estimate of drug-likeness (QED) is 0.552. The van der Waals surface area contributed by atoms with Gasteiger partial charge in [-0.25, -0.2) is 0 Å². The van der Waals surface area contributed by atoms with Crippen LogP contribution < -0.4 is 14.2 Å². The summed E-state index contributed by atoms with van der Waals surface area (Å²) in [5.74, 6) is 3.45. The molecule has 2 aromatic carbocycles. The van der Waals surface area contributed by atoms with E-state index in [2.05, 4.69) is 10.2 Å². The summed E-state index contributed by atoms with van der Waals surface area (Å²) in [5, 5.41) is 19.4. The molecule has 0 saturated carbocycles. The molecule has 1 unspecified atom stereocenters. The van der Waals surface area contributed by atoms with Crippen LogP contribution in [0.3, 0.4) is 0 Å². The molecule has 3 aromatic rings. The second-order valence-electron chi connectivity index (χ2n) is 6.05. The second kappa shape index (κ2) is 9.48. The molecule has 1 heterocycles. The predicted molar refractivity (Wildman–Crippen MR) is 108 cm³/mol. The van der Waals surface area contributed by atoms with Crippen molar-refractivity contribution < 1.29 is 19.3 Å². The first kappa shape index (κ1) is 20.0. The smallest absolute Gasteiger partial charge is 0.191 e. The first-order valence-corrected chi connectivity index (χ1v) is 9.71. The van der Waals surface area contributed by atoms with E-state index in [1.54, 1.807) is 14.2 Å². The van der Waals surface area contributed by atoms with Gasteiger partial charge >= 0.3 is 0 Å². The summed E-state index contributed by atoms with van der Waals surface area (Å²) in [5.41, 5.74) is 0.950. The van der Waals surface area contributed by atoms with Crippen LogP contribution in [-0.4, -0.2) is 52.6 Å². The number of aliphatic hydroxyl groups is 1. The highest BCUT2D eigenvalue weighted by Crippen LogP contribution is 2.25. The van der Waals surface area contributed by atoms with Crippen molar-refractivity contribution in [2.24, 2.45) is 7.05 Å². The first-order chi connectivity index (χ1) is 13.6. The lowest BCUT2D eigenvalue weighted by Gasteiger charge is -2.12. The van der Waals surface area contributed by atoms with E-state index in [-0.39, 0.29) is 6.61 Å². The molecule has 3 rings (SSSR count). The van der Waals surface area contributed by atoms with Gasteiger partial charge in [0.1, 0.15) is 23.9 Å². The maximum Gasteiger partial charge on any atom is 0.191 e. The highest BCUT2D eigenvalue weighted by Gasteiger charge is 2.14. The Morgan fingerprint density at radius 3 is 2.11 bits per heavy atom. The summed E-state index contributed by atoms with van der Waals surface area (Å²) in [6, 6.07) is 14.9. The van der Waals surface area contributed by atoms with Crippen molar-refractivity contribution >= 4 is 11.8 Å². The third kappa shape index (κ3) is 4.96. The first-order valence-electron chi connectivity index (χ1n) is 8.72. The van der Waals surface area contributed by atoms with Crippen LogP contribution in [0.15, 0.2) is 53.7 Å². The minimum absolute atomic E-state index is 0.197. The van der Waals surface area contributed by atoms with Crippen molar-refractivity contribution in [1.29, 1.82) is 0 Å². The summed E-state index contributed by atoms with van der Waals surface area (Å²) in [6.07, 6.45) is -0.631. The topological polar surface area (TPSA) is 78.6 Å². The van der Waals surface area contributed by atoms with Crippen molar-refractivity contribution in [2.75, 3.05) is 26.6 Å². The van der Waals surface area contributed by atoms with E-state index < -0.39 is 6.10 Å². The van der Waals surface area contributed by atoms with Gasteiger partial charge in [0, 0.05) is 18.4 Å². The Bertz CT molecular complexity index is 881. The minimum Gasteiger partial charge on any atom is -0.497 e. The summed E-state index contributed by atoms with van der Waals surface area (Å²) >= 11 is 1.43. The van der Waals surface area contributed by atoms with Crippen LogP contribution >= 0.6 is 11.8 Å². The molecule has 0 aliphatic rings. The van der Waals surface area contributed by atoms with E-state index in [1.807, 2.05) is 60.1 Å². The van der Waals surface area contributed by atoms with Crippen LogP contribution in [0.1, 0.15) is 0 Å². The SMILES string of the molecule is COc1ccc(OCC(O)CSc2nnc(-c3ccc(OC)cc3)n2C)cc1.